The van der Waals surface area contributed by atoms with Gasteiger partial charge in [0, 0.05) is 55.5 Å². The molecular formula is C28H33N5O. The average molecular weight is 456 g/mol. The van der Waals surface area contributed by atoms with Crippen molar-refractivity contribution in [2.75, 3.05) is 45.1 Å². The number of amides is 1. The quantitative estimate of drug-likeness (QED) is 0.504. The molecule has 0 atom stereocenters. The van der Waals surface area contributed by atoms with E-state index in [0.717, 1.165) is 73.6 Å². The molecule has 2 aromatic carbocycles. The van der Waals surface area contributed by atoms with Gasteiger partial charge in [-0.25, -0.2) is 0 Å². The number of hydrogen-bond donors (Lipinski definition) is 2. The van der Waals surface area contributed by atoms with Crippen molar-refractivity contribution >= 4 is 29.4 Å². The zero-order valence-electron chi connectivity index (χ0n) is 19.8. The van der Waals surface area contributed by atoms with Gasteiger partial charge in [0.1, 0.15) is 0 Å². The van der Waals surface area contributed by atoms with Crippen LogP contribution in [0.3, 0.4) is 0 Å². The first-order chi connectivity index (χ1) is 16.6. The minimum Gasteiger partial charge on any atom is -0.366 e. The number of aromatic nitrogens is 1. The number of pyridine rings is 1. The third-order valence-corrected chi connectivity index (χ3v) is 6.28. The van der Waals surface area contributed by atoms with Crippen LogP contribution in [0.2, 0.25) is 0 Å². The molecule has 0 bridgehead atoms. The molecule has 1 aliphatic rings. The predicted octanol–water partition coefficient (Wildman–Crippen LogP) is 4.27. The molecule has 0 radical (unpaired) electrons. The molecule has 2 heterocycles. The minimum absolute atomic E-state index is 0.382. The molecule has 0 saturated carbocycles. The Morgan fingerprint density at radius 2 is 1.74 bits per heavy atom. The normalized spacial score (nSPS) is 15.0. The Kier molecular flexibility index (Phi) is 8.07. The Morgan fingerprint density at radius 3 is 2.50 bits per heavy atom. The molecule has 34 heavy (non-hydrogen) atoms. The second kappa shape index (κ2) is 11.6. The molecule has 6 heteroatoms. The van der Waals surface area contributed by atoms with Crippen molar-refractivity contribution in [3.05, 3.63) is 89.2 Å². The van der Waals surface area contributed by atoms with Crippen LogP contribution in [0.15, 0.2) is 67.0 Å². The standard InChI is InChI=1S/C28H33N5O/c1-32-17-19-33(20-18-32)16-4-8-25-26(28(29)34)7-3-9-27(25)31-24-6-2-5-23(21-24)11-10-22-12-14-30-15-13-22/h2-3,5-7,9-15,21,31H,4,8,16-20H2,1H3,(H2,29,34)/b11-10+. The average Bonchev–Trinajstić information content (AvgIpc) is 2.85. The fourth-order valence-electron chi connectivity index (χ4n) is 4.30. The van der Waals surface area contributed by atoms with E-state index >= 15 is 0 Å². The lowest BCUT2D eigenvalue weighted by molar-refractivity contribution is 0.0999. The Morgan fingerprint density at radius 1 is 1.00 bits per heavy atom. The van der Waals surface area contributed by atoms with Gasteiger partial charge < -0.3 is 20.9 Å². The molecule has 1 amide bonds. The number of primary amides is 1. The minimum atomic E-state index is -0.382. The van der Waals surface area contributed by atoms with Gasteiger partial charge >= 0.3 is 0 Å². The molecular weight excluding hydrogens is 422 g/mol. The molecule has 6 nitrogen and oxygen atoms in total. The number of carbonyl (C=O) groups is 1. The highest BCUT2D eigenvalue weighted by Crippen LogP contribution is 2.26. The molecule has 176 valence electrons. The Labute approximate surface area is 202 Å². The Balaban J connectivity index is 1.47. The van der Waals surface area contributed by atoms with Crippen LogP contribution in [-0.4, -0.2) is 60.5 Å². The highest BCUT2D eigenvalue weighted by Gasteiger charge is 2.16. The van der Waals surface area contributed by atoms with Gasteiger partial charge in [0.05, 0.1) is 0 Å². The van der Waals surface area contributed by atoms with Crippen LogP contribution in [-0.2, 0) is 6.42 Å². The molecule has 4 rings (SSSR count). The lowest BCUT2D eigenvalue weighted by atomic mass is 9.99. The lowest BCUT2D eigenvalue weighted by Gasteiger charge is -2.32. The van der Waals surface area contributed by atoms with Gasteiger partial charge in [-0.05, 0) is 79.5 Å². The summed E-state index contributed by atoms with van der Waals surface area (Å²) in [7, 11) is 2.17. The van der Waals surface area contributed by atoms with E-state index in [1.807, 2.05) is 42.5 Å². The highest BCUT2D eigenvalue weighted by atomic mass is 16.1. The predicted molar refractivity (Wildman–Crippen MR) is 140 cm³/mol. The third kappa shape index (κ3) is 6.53. The van der Waals surface area contributed by atoms with E-state index in [4.69, 9.17) is 5.73 Å². The molecule has 1 saturated heterocycles. The third-order valence-electron chi connectivity index (χ3n) is 6.28. The number of rotatable bonds is 9. The largest absolute Gasteiger partial charge is 0.366 e. The van der Waals surface area contributed by atoms with Crippen LogP contribution in [0.4, 0.5) is 11.4 Å². The molecule has 1 aromatic heterocycles. The number of likely N-dealkylation sites (N-methyl/N-ethyl adjacent to an activating group) is 1. The molecule has 1 aliphatic heterocycles. The fourth-order valence-corrected chi connectivity index (χ4v) is 4.30. The molecule has 0 spiro atoms. The molecule has 3 aromatic rings. The van der Waals surface area contributed by atoms with Gasteiger partial charge in [-0.3, -0.25) is 9.78 Å². The van der Waals surface area contributed by atoms with E-state index in [-0.39, 0.29) is 5.91 Å². The SMILES string of the molecule is CN1CCN(CCCc2c(Nc3cccc(/C=C/c4ccncc4)c3)cccc2C(N)=O)CC1. The van der Waals surface area contributed by atoms with E-state index in [9.17, 15) is 4.79 Å². The number of anilines is 2. The van der Waals surface area contributed by atoms with Crippen molar-refractivity contribution < 1.29 is 4.79 Å². The summed E-state index contributed by atoms with van der Waals surface area (Å²) in [6.07, 6.45) is 9.51. The number of carbonyl (C=O) groups excluding carboxylic acids is 1. The first-order valence-electron chi connectivity index (χ1n) is 11.9. The molecule has 1 fully saturated rings. The number of benzene rings is 2. The van der Waals surface area contributed by atoms with Crippen LogP contribution >= 0.6 is 0 Å². The summed E-state index contributed by atoms with van der Waals surface area (Å²) < 4.78 is 0. The van der Waals surface area contributed by atoms with Crippen molar-refractivity contribution in [2.45, 2.75) is 12.8 Å². The van der Waals surface area contributed by atoms with Crippen molar-refractivity contribution in [3.8, 4) is 0 Å². The van der Waals surface area contributed by atoms with Crippen LogP contribution in [0.25, 0.3) is 12.2 Å². The topological polar surface area (TPSA) is 74.5 Å². The summed E-state index contributed by atoms with van der Waals surface area (Å²) in [5, 5.41) is 3.53. The van der Waals surface area contributed by atoms with Crippen molar-refractivity contribution in [1.82, 2.24) is 14.8 Å². The number of nitrogens with two attached hydrogens (primary N) is 1. The maximum atomic E-state index is 12.2. The van der Waals surface area contributed by atoms with Crippen LogP contribution in [0, 0.1) is 0 Å². The molecule has 0 aliphatic carbocycles. The summed E-state index contributed by atoms with van der Waals surface area (Å²) in [4.78, 5) is 21.1. The first-order valence-corrected chi connectivity index (χ1v) is 11.9. The van der Waals surface area contributed by atoms with Gasteiger partial charge in [-0.1, -0.05) is 30.4 Å². The van der Waals surface area contributed by atoms with Crippen LogP contribution in [0.5, 0.6) is 0 Å². The first kappa shape index (κ1) is 23.7. The Hall–Kier alpha value is -3.48. The van der Waals surface area contributed by atoms with Crippen molar-refractivity contribution in [2.24, 2.45) is 5.73 Å². The number of piperazine rings is 1. The maximum absolute atomic E-state index is 12.2. The van der Waals surface area contributed by atoms with E-state index in [1.54, 1.807) is 12.4 Å². The van der Waals surface area contributed by atoms with E-state index < -0.39 is 0 Å². The van der Waals surface area contributed by atoms with Gasteiger partial charge in [-0.15, -0.1) is 0 Å². The van der Waals surface area contributed by atoms with E-state index in [0.29, 0.717) is 5.56 Å². The van der Waals surface area contributed by atoms with Crippen LogP contribution in [0.1, 0.15) is 33.5 Å². The summed E-state index contributed by atoms with van der Waals surface area (Å²) >= 11 is 0. The zero-order valence-corrected chi connectivity index (χ0v) is 19.8. The number of nitrogens with one attached hydrogen (secondary N) is 1. The summed E-state index contributed by atoms with van der Waals surface area (Å²) in [5.74, 6) is -0.382. The number of nitrogens with zero attached hydrogens (tertiary/aromatic N) is 3. The monoisotopic (exact) mass is 455 g/mol. The highest BCUT2D eigenvalue weighted by molar-refractivity contribution is 5.96. The summed E-state index contributed by atoms with van der Waals surface area (Å²) in [6, 6.07) is 17.9. The smallest absolute Gasteiger partial charge is 0.249 e. The van der Waals surface area contributed by atoms with E-state index in [1.165, 1.54) is 0 Å². The van der Waals surface area contributed by atoms with Crippen molar-refractivity contribution in [3.63, 3.8) is 0 Å². The lowest BCUT2D eigenvalue weighted by Crippen LogP contribution is -2.44. The van der Waals surface area contributed by atoms with Gasteiger partial charge in [0.15, 0.2) is 0 Å². The van der Waals surface area contributed by atoms with Crippen LogP contribution < -0.4 is 11.1 Å². The second-order valence-electron chi connectivity index (χ2n) is 8.81. The molecule has 0 unspecified atom stereocenters. The Bertz CT molecular complexity index is 1120. The number of hydrogen-bond acceptors (Lipinski definition) is 5. The van der Waals surface area contributed by atoms with E-state index in [2.05, 4.69) is 51.4 Å². The van der Waals surface area contributed by atoms with Crippen molar-refractivity contribution in [1.29, 1.82) is 0 Å². The van der Waals surface area contributed by atoms with Gasteiger partial charge in [-0.2, -0.15) is 0 Å². The molecule has 3 N–H and O–H groups in total. The second-order valence-corrected chi connectivity index (χ2v) is 8.81. The summed E-state index contributed by atoms with van der Waals surface area (Å²) in [5.41, 5.74) is 11.4. The fraction of sp³-hybridized carbons (Fsp3) is 0.286. The summed E-state index contributed by atoms with van der Waals surface area (Å²) in [6.45, 7) is 5.43. The van der Waals surface area contributed by atoms with Gasteiger partial charge in [0.2, 0.25) is 5.91 Å². The maximum Gasteiger partial charge on any atom is 0.249 e. The zero-order chi connectivity index (χ0) is 23.8. The van der Waals surface area contributed by atoms with Gasteiger partial charge in [0.25, 0.3) is 0 Å².